The molecule has 1 aromatic heterocycles. The highest BCUT2D eigenvalue weighted by Crippen LogP contribution is 2.30. The van der Waals surface area contributed by atoms with Gasteiger partial charge in [-0.25, -0.2) is 0 Å². The van der Waals surface area contributed by atoms with Gasteiger partial charge in [0.2, 0.25) is 5.91 Å². The fourth-order valence-electron chi connectivity index (χ4n) is 2.93. The van der Waals surface area contributed by atoms with Crippen molar-refractivity contribution in [3.8, 4) is 17.2 Å². The van der Waals surface area contributed by atoms with Crippen LogP contribution in [0, 0.1) is 0 Å². The number of carbonyl (C=O) groups is 1. The smallest absolute Gasteiger partial charge is 0.253 e. The van der Waals surface area contributed by atoms with Gasteiger partial charge in [-0.1, -0.05) is 18.2 Å². The molecular formula is C22H24N2O5. The highest BCUT2D eigenvalue weighted by molar-refractivity contribution is 5.83. The molecule has 29 heavy (non-hydrogen) atoms. The molecule has 0 saturated heterocycles. The zero-order valence-electron chi connectivity index (χ0n) is 16.5. The van der Waals surface area contributed by atoms with E-state index in [9.17, 15) is 9.59 Å². The second kappa shape index (κ2) is 9.64. The predicted octanol–water partition coefficient (Wildman–Crippen LogP) is 3.02. The molecule has 2 aromatic carbocycles. The van der Waals surface area contributed by atoms with Crippen LogP contribution in [0.25, 0.3) is 10.9 Å². The minimum atomic E-state index is -0.252. The number of pyridine rings is 1. The Bertz CT molecular complexity index is 1030. The van der Waals surface area contributed by atoms with Gasteiger partial charge in [0, 0.05) is 30.0 Å². The van der Waals surface area contributed by atoms with Crippen molar-refractivity contribution in [2.75, 3.05) is 20.8 Å². The van der Waals surface area contributed by atoms with Crippen LogP contribution in [0.5, 0.6) is 17.2 Å². The number of methoxy groups -OCH3 is 2. The average molecular weight is 396 g/mol. The molecule has 3 aromatic rings. The Balaban J connectivity index is 1.56. The molecule has 0 aliphatic rings. The van der Waals surface area contributed by atoms with Crippen LogP contribution in [0.3, 0.4) is 0 Å². The van der Waals surface area contributed by atoms with E-state index in [1.54, 1.807) is 25.3 Å². The molecule has 1 amide bonds. The summed E-state index contributed by atoms with van der Waals surface area (Å²) in [6, 6.07) is 14.7. The van der Waals surface area contributed by atoms with Crippen LogP contribution >= 0.6 is 0 Å². The Kier molecular flexibility index (Phi) is 6.73. The molecule has 0 bridgehead atoms. The molecule has 7 nitrogen and oxygen atoms in total. The molecule has 0 radical (unpaired) electrons. The van der Waals surface area contributed by atoms with E-state index in [-0.39, 0.29) is 18.0 Å². The van der Waals surface area contributed by atoms with Crippen molar-refractivity contribution in [1.29, 1.82) is 0 Å². The van der Waals surface area contributed by atoms with Crippen molar-refractivity contribution >= 4 is 16.8 Å². The van der Waals surface area contributed by atoms with Crippen LogP contribution in [0.4, 0.5) is 0 Å². The normalized spacial score (nSPS) is 10.6. The first-order valence-electron chi connectivity index (χ1n) is 9.33. The SMILES string of the molecule is COc1cc2cc(CNC(=O)CCCOc3ccccc3)c(=O)[nH]c2cc1OC. The van der Waals surface area contributed by atoms with E-state index >= 15 is 0 Å². The van der Waals surface area contributed by atoms with Crippen LogP contribution in [0.15, 0.2) is 53.3 Å². The van der Waals surface area contributed by atoms with Crippen molar-refractivity contribution in [3.63, 3.8) is 0 Å². The topological polar surface area (TPSA) is 89.6 Å². The highest BCUT2D eigenvalue weighted by atomic mass is 16.5. The number of para-hydroxylation sites is 1. The number of fused-ring (bicyclic) bond motifs is 1. The van der Waals surface area contributed by atoms with E-state index in [0.29, 0.717) is 42.0 Å². The molecule has 0 fully saturated rings. The van der Waals surface area contributed by atoms with Crippen LogP contribution in [-0.4, -0.2) is 31.7 Å². The van der Waals surface area contributed by atoms with E-state index in [0.717, 1.165) is 11.1 Å². The third-order valence-electron chi connectivity index (χ3n) is 4.46. The van der Waals surface area contributed by atoms with Gasteiger partial charge in [0.05, 0.1) is 26.3 Å². The molecule has 0 atom stereocenters. The lowest BCUT2D eigenvalue weighted by atomic mass is 10.1. The van der Waals surface area contributed by atoms with Crippen LogP contribution in [0.1, 0.15) is 18.4 Å². The van der Waals surface area contributed by atoms with Gasteiger partial charge >= 0.3 is 0 Å². The number of hydrogen-bond donors (Lipinski definition) is 2. The van der Waals surface area contributed by atoms with Gasteiger partial charge in [0.15, 0.2) is 11.5 Å². The zero-order valence-corrected chi connectivity index (χ0v) is 16.5. The molecule has 152 valence electrons. The van der Waals surface area contributed by atoms with Crippen LogP contribution in [-0.2, 0) is 11.3 Å². The Morgan fingerprint density at radius 1 is 1.03 bits per heavy atom. The summed E-state index contributed by atoms with van der Waals surface area (Å²) < 4.78 is 16.1. The molecule has 0 aliphatic carbocycles. The monoisotopic (exact) mass is 396 g/mol. The van der Waals surface area contributed by atoms with Crippen molar-refractivity contribution in [2.45, 2.75) is 19.4 Å². The van der Waals surface area contributed by atoms with Gasteiger partial charge in [-0.2, -0.15) is 0 Å². The number of nitrogens with one attached hydrogen (secondary N) is 2. The largest absolute Gasteiger partial charge is 0.494 e. The minimum absolute atomic E-state index is 0.131. The average Bonchev–Trinajstić information content (AvgIpc) is 2.75. The number of carbonyl (C=O) groups excluding carboxylic acids is 1. The second-order valence-corrected chi connectivity index (χ2v) is 6.46. The van der Waals surface area contributed by atoms with Gasteiger partial charge in [-0.15, -0.1) is 0 Å². The standard InChI is InChI=1S/C22H24N2O5/c1-27-19-12-15-11-16(22(26)24-18(15)13-20(19)28-2)14-23-21(25)9-6-10-29-17-7-4-3-5-8-17/h3-5,7-8,11-13H,6,9-10,14H2,1-2H3,(H,23,25)(H,24,26). The number of rotatable bonds is 9. The number of ether oxygens (including phenoxy) is 3. The minimum Gasteiger partial charge on any atom is -0.494 e. The number of hydrogen-bond acceptors (Lipinski definition) is 5. The molecule has 0 aliphatic heterocycles. The fourth-order valence-corrected chi connectivity index (χ4v) is 2.93. The first-order valence-corrected chi connectivity index (χ1v) is 9.33. The lowest BCUT2D eigenvalue weighted by molar-refractivity contribution is -0.121. The van der Waals surface area contributed by atoms with E-state index in [1.807, 2.05) is 30.3 Å². The number of benzene rings is 2. The first kappa shape index (κ1) is 20.3. The summed E-state index contributed by atoms with van der Waals surface area (Å²) in [5, 5.41) is 3.58. The third-order valence-corrected chi connectivity index (χ3v) is 4.46. The summed E-state index contributed by atoms with van der Waals surface area (Å²) in [4.78, 5) is 27.2. The fraction of sp³-hybridized carbons (Fsp3) is 0.273. The summed E-state index contributed by atoms with van der Waals surface area (Å²) in [5.74, 6) is 1.76. The third kappa shape index (κ3) is 5.28. The summed E-state index contributed by atoms with van der Waals surface area (Å²) in [6.07, 6.45) is 0.912. The summed E-state index contributed by atoms with van der Waals surface area (Å²) >= 11 is 0. The Labute approximate surface area is 168 Å². The first-order chi connectivity index (χ1) is 14.1. The predicted molar refractivity (Wildman–Crippen MR) is 111 cm³/mol. The van der Waals surface area contributed by atoms with Gasteiger partial charge in [-0.05, 0) is 30.7 Å². The van der Waals surface area contributed by atoms with Crippen molar-refractivity contribution < 1.29 is 19.0 Å². The van der Waals surface area contributed by atoms with Crippen molar-refractivity contribution in [1.82, 2.24) is 10.3 Å². The number of aromatic amines is 1. The maximum Gasteiger partial charge on any atom is 0.253 e. The molecule has 3 rings (SSSR count). The summed E-state index contributed by atoms with van der Waals surface area (Å²) in [6.45, 7) is 0.605. The molecule has 0 spiro atoms. The molecular weight excluding hydrogens is 372 g/mol. The molecule has 2 N–H and O–H groups in total. The summed E-state index contributed by atoms with van der Waals surface area (Å²) in [5.41, 5.74) is 0.858. The van der Waals surface area contributed by atoms with Gasteiger partial charge in [0.1, 0.15) is 5.75 Å². The number of amides is 1. The highest BCUT2D eigenvalue weighted by Gasteiger charge is 2.10. The van der Waals surface area contributed by atoms with Crippen molar-refractivity contribution in [3.05, 3.63) is 64.4 Å². The summed E-state index contributed by atoms with van der Waals surface area (Å²) in [7, 11) is 3.09. The van der Waals surface area contributed by atoms with E-state index in [2.05, 4.69) is 10.3 Å². The molecule has 1 heterocycles. The Morgan fingerprint density at radius 2 is 1.76 bits per heavy atom. The Morgan fingerprint density at radius 3 is 2.48 bits per heavy atom. The van der Waals surface area contributed by atoms with Gasteiger partial charge < -0.3 is 24.5 Å². The van der Waals surface area contributed by atoms with Crippen molar-refractivity contribution in [2.24, 2.45) is 0 Å². The maximum absolute atomic E-state index is 12.3. The lowest BCUT2D eigenvalue weighted by Gasteiger charge is -2.10. The second-order valence-electron chi connectivity index (χ2n) is 6.46. The van der Waals surface area contributed by atoms with E-state index in [1.165, 1.54) is 7.11 Å². The van der Waals surface area contributed by atoms with Gasteiger partial charge in [-0.3, -0.25) is 9.59 Å². The lowest BCUT2D eigenvalue weighted by Crippen LogP contribution is -2.26. The van der Waals surface area contributed by atoms with E-state index < -0.39 is 0 Å². The molecule has 7 heteroatoms. The van der Waals surface area contributed by atoms with Crippen LogP contribution in [0.2, 0.25) is 0 Å². The van der Waals surface area contributed by atoms with Gasteiger partial charge in [0.25, 0.3) is 5.56 Å². The number of aromatic nitrogens is 1. The molecule has 0 unspecified atom stereocenters. The van der Waals surface area contributed by atoms with E-state index in [4.69, 9.17) is 14.2 Å². The molecule has 0 saturated carbocycles. The maximum atomic E-state index is 12.3. The van der Waals surface area contributed by atoms with Crippen LogP contribution < -0.4 is 25.1 Å². The quantitative estimate of drug-likeness (QED) is 0.543. The Hall–Kier alpha value is -3.48. The number of H-pyrrole nitrogens is 1. The zero-order chi connectivity index (χ0) is 20.6.